The summed E-state index contributed by atoms with van der Waals surface area (Å²) in [5.74, 6) is -2.06. The molecule has 0 saturated heterocycles. The van der Waals surface area contributed by atoms with Gasteiger partial charge in [0, 0.05) is 6.08 Å². The monoisotopic (exact) mass is 140 g/mol. The summed E-state index contributed by atoms with van der Waals surface area (Å²) in [6.07, 6.45) is -4.78. The molecule has 0 aliphatic heterocycles. The molecule has 1 N–H and O–H groups in total. The Balaban J connectivity index is 4.06. The van der Waals surface area contributed by atoms with Crippen molar-refractivity contribution in [3.05, 3.63) is 12.3 Å². The van der Waals surface area contributed by atoms with Crippen LogP contribution in [-0.4, -0.2) is 17.1 Å². The molecule has 0 heterocycles. The molecule has 0 spiro atoms. The highest BCUT2D eigenvalue weighted by molar-refractivity contribution is 5.94. The van der Waals surface area contributed by atoms with E-state index >= 15 is 0 Å². The minimum Gasteiger partial charge on any atom is -0.515 e. The van der Waals surface area contributed by atoms with Crippen molar-refractivity contribution in [3.8, 4) is 0 Å². The van der Waals surface area contributed by atoms with E-state index in [4.69, 9.17) is 5.11 Å². The molecule has 0 aliphatic carbocycles. The lowest BCUT2D eigenvalue weighted by molar-refractivity contribution is -0.165. The van der Waals surface area contributed by atoms with E-state index in [1.807, 2.05) is 0 Å². The number of ketones is 1. The van der Waals surface area contributed by atoms with Crippen molar-refractivity contribution in [1.29, 1.82) is 0 Å². The van der Waals surface area contributed by atoms with Crippen LogP contribution in [0.3, 0.4) is 0 Å². The number of carbonyl (C=O) groups is 1. The van der Waals surface area contributed by atoms with Crippen molar-refractivity contribution in [2.75, 3.05) is 0 Å². The lowest BCUT2D eigenvalue weighted by atomic mass is 10.4. The Morgan fingerprint density at radius 2 is 1.89 bits per heavy atom. The van der Waals surface area contributed by atoms with Crippen molar-refractivity contribution in [2.45, 2.75) is 6.18 Å². The lowest BCUT2D eigenvalue weighted by Crippen LogP contribution is -2.19. The molecule has 0 fully saturated rings. The van der Waals surface area contributed by atoms with Gasteiger partial charge in [0.25, 0.3) is 5.78 Å². The number of carbonyl (C=O) groups excluding carboxylic acids is 1. The highest BCUT2D eigenvalue weighted by atomic mass is 19.4. The maximum absolute atomic E-state index is 11.1. The van der Waals surface area contributed by atoms with E-state index in [-0.39, 0.29) is 12.3 Å². The second-order valence-corrected chi connectivity index (χ2v) is 1.18. The van der Waals surface area contributed by atoms with E-state index in [2.05, 4.69) is 0 Å². The fourth-order valence-corrected chi connectivity index (χ4v) is 0.162. The number of alkyl halides is 3. The number of aliphatic hydroxyl groups excluding tert-OH is 1. The molecule has 5 heteroatoms. The van der Waals surface area contributed by atoms with Crippen LogP contribution >= 0.6 is 0 Å². The molecule has 0 aliphatic rings. The standard InChI is InChI=1S/C4H3F3O2/c5-4(6,7)3(9)1-2-8/h1-2,8H/b2-1+. The van der Waals surface area contributed by atoms with Crippen LogP contribution in [0.2, 0.25) is 0 Å². The first-order chi connectivity index (χ1) is 3.98. The van der Waals surface area contributed by atoms with Crippen LogP contribution in [0.5, 0.6) is 0 Å². The summed E-state index contributed by atoms with van der Waals surface area (Å²) < 4.78 is 33.4. The number of rotatable bonds is 1. The van der Waals surface area contributed by atoms with Gasteiger partial charge in [-0.1, -0.05) is 0 Å². The predicted molar refractivity (Wildman–Crippen MR) is 22.8 cm³/mol. The van der Waals surface area contributed by atoms with Gasteiger partial charge < -0.3 is 5.11 Å². The summed E-state index contributed by atoms with van der Waals surface area (Å²) in [6, 6.07) is 0. The zero-order valence-electron chi connectivity index (χ0n) is 4.14. The lowest BCUT2D eigenvalue weighted by Gasteiger charge is -1.97. The van der Waals surface area contributed by atoms with Crippen LogP contribution in [0.15, 0.2) is 12.3 Å². The average Bonchev–Trinajstić information content (AvgIpc) is 1.64. The highest BCUT2D eigenvalue weighted by Gasteiger charge is 2.36. The zero-order valence-corrected chi connectivity index (χ0v) is 4.14. The van der Waals surface area contributed by atoms with Gasteiger partial charge in [0.2, 0.25) is 0 Å². The fourth-order valence-electron chi connectivity index (χ4n) is 0.162. The Morgan fingerprint density at radius 3 is 2.00 bits per heavy atom. The number of allylic oxidation sites excluding steroid dienone is 1. The smallest absolute Gasteiger partial charge is 0.454 e. The summed E-state index contributed by atoms with van der Waals surface area (Å²) in [4.78, 5) is 9.69. The average molecular weight is 140 g/mol. The Morgan fingerprint density at radius 1 is 1.44 bits per heavy atom. The van der Waals surface area contributed by atoms with Crippen LogP contribution in [0.4, 0.5) is 13.2 Å². The second-order valence-electron chi connectivity index (χ2n) is 1.18. The van der Waals surface area contributed by atoms with Crippen LogP contribution in [0.1, 0.15) is 0 Å². The number of aliphatic hydroxyl groups is 1. The first kappa shape index (κ1) is 8.00. The Kier molecular flexibility index (Phi) is 2.24. The molecule has 52 valence electrons. The maximum Gasteiger partial charge on any atom is 0.454 e. The summed E-state index contributed by atoms with van der Waals surface area (Å²) in [7, 11) is 0. The Hall–Kier alpha value is -1.00. The van der Waals surface area contributed by atoms with Gasteiger partial charge in [-0.2, -0.15) is 13.2 Å². The minimum absolute atomic E-state index is 0.0417. The zero-order chi connectivity index (χ0) is 7.49. The van der Waals surface area contributed by atoms with E-state index in [9.17, 15) is 18.0 Å². The SMILES string of the molecule is O=C(/C=C/O)C(F)(F)F. The molecule has 0 aromatic carbocycles. The first-order valence-corrected chi connectivity index (χ1v) is 1.90. The third kappa shape index (κ3) is 2.73. The first-order valence-electron chi connectivity index (χ1n) is 1.90. The van der Waals surface area contributed by atoms with Crippen molar-refractivity contribution in [2.24, 2.45) is 0 Å². The van der Waals surface area contributed by atoms with Crippen molar-refractivity contribution >= 4 is 5.78 Å². The van der Waals surface area contributed by atoms with Gasteiger partial charge in [0.1, 0.15) is 0 Å². The van der Waals surface area contributed by atoms with Gasteiger partial charge in [-0.15, -0.1) is 0 Å². The second kappa shape index (κ2) is 2.52. The quantitative estimate of drug-likeness (QED) is 0.438. The normalized spacial score (nSPS) is 12.3. The van der Waals surface area contributed by atoms with E-state index in [1.54, 1.807) is 0 Å². The number of hydrogen-bond donors (Lipinski definition) is 1. The van der Waals surface area contributed by atoms with Crippen LogP contribution < -0.4 is 0 Å². The molecule has 0 bridgehead atoms. The van der Waals surface area contributed by atoms with Gasteiger partial charge in [-0.05, 0) is 0 Å². The molecule has 0 aromatic rings. The molecular weight excluding hydrogens is 137 g/mol. The van der Waals surface area contributed by atoms with E-state index in [0.29, 0.717) is 0 Å². The van der Waals surface area contributed by atoms with Gasteiger partial charge in [-0.3, -0.25) is 4.79 Å². The van der Waals surface area contributed by atoms with E-state index in [0.717, 1.165) is 0 Å². The third-order valence-corrected chi connectivity index (χ3v) is 0.505. The van der Waals surface area contributed by atoms with Crippen molar-refractivity contribution in [3.63, 3.8) is 0 Å². The predicted octanol–water partition coefficient (Wildman–Crippen LogP) is 1.19. The molecule has 0 amide bonds. The highest BCUT2D eigenvalue weighted by Crippen LogP contribution is 2.15. The molecule has 2 nitrogen and oxygen atoms in total. The minimum atomic E-state index is -4.88. The summed E-state index contributed by atoms with van der Waals surface area (Å²) in [5.41, 5.74) is 0. The van der Waals surface area contributed by atoms with E-state index in [1.165, 1.54) is 0 Å². The summed E-state index contributed by atoms with van der Waals surface area (Å²) in [5, 5.41) is 7.70. The van der Waals surface area contributed by atoms with Gasteiger partial charge in [0.05, 0.1) is 6.26 Å². The molecule has 0 atom stereocenters. The molecule has 0 unspecified atom stereocenters. The molecule has 0 aromatic heterocycles. The van der Waals surface area contributed by atoms with Gasteiger partial charge >= 0.3 is 6.18 Å². The summed E-state index contributed by atoms with van der Waals surface area (Å²) >= 11 is 0. The maximum atomic E-state index is 11.1. The Bertz CT molecular complexity index is 135. The van der Waals surface area contributed by atoms with E-state index < -0.39 is 12.0 Å². The van der Waals surface area contributed by atoms with Crippen molar-refractivity contribution in [1.82, 2.24) is 0 Å². The molecular formula is C4H3F3O2. The topological polar surface area (TPSA) is 37.3 Å². The van der Waals surface area contributed by atoms with Crippen LogP contribution in [0, 0.1) is 0 Å². The Labute approximate surface area is 48.6 Å². The van der Waals surface area contributed by atoms with Crippen LogP contribution in [0.25, 0.3) is 0 Å². The number of halogens is 3. The molecule has 9 heavy (non-hydrogen) atoms. The van der Waals surface area contributed by atoms with Crippen molar-refractivity contribution < 1.29 is 23.1 Å². The third-order valence-electron chi connectivity index (χ3n) is 0.505. The molecule has 0 saturated carbocycles. The van der Waals surface area contributed by atoms with Crippen LogP contribution in [-0.2, 0) is 4.79 Å². The molecule has 0 radical (unpaired) electrons. The fraction of sp³-hybridized carbons (Fsp3) is 0.250. The largest absolute Gasteiger partial charge is 0.515 e. The number of hydrogen-bond acceptors (Lipinski definition) is 2. The van der Waals surface area contributed by atoms with Gasteiger partial charge in [0.15, 0.2) is 0 Å². The summed E-state index contributed by atoms with van der Waals surface area (Å²) in [6.45, 7) is 0. The van der Waals surface area contributed by atoms with Gasteiger partial charge in [-0.25, -0.2) is 0 Å². The molecule has 0 rings (SSSR count).